The maximum absolute atomic E-state index is 12.0. The molecule has 6 nitrogen and oxygen atoms in total. The van der Waals surface area contributed by atoms with Gasteiger partial charge in [-0.05, 0) is 37.3 Å². The zero-order chi connectivity index (χ0) is 17.6. The van der Waals surface area contributed by atoms with Crippen LogP contribution in [0.2, 0.25) is 0 Å². The summed E-state index contributed by atoms with van der Waals surface area (Å²) in [6, 6.07) is 9.44. The summed E-state index contributed by atoms with van der Waals surface area (Å²) < 4.78 is 5.17. The highest BCUT2D eigenvalue weighted by atomic mass is 32.2. The van der Waals surface area contributed by atoms with Crippen molar-refractivity contribution < 1.29 is 9.53 Å². The van der Waals surface area contributed by atoms with Crippen molar-refractivity contribution in [3.05, 3.63) is 47.6 Å². The lowest BCUT2D eigenvalue weighted by molar-refractivity contribution is -0.113. The molecular formula is C17H16N4O2S2. The standard InChI is InChI=1S/C17H16N4O2S2/c1-11-9-15(25-10-14(22)20-17-18-7-8-24-17)21-16(19-11)12-3-5-13(23-2)6-4-12/h3-9H,10H2,1-2H3,(H,18,20,22). The minimum Gasteiger partial charge on any atom is -0.497 e. The number of nitrogens with zero attached hydrogens (tertiary/aromatic N) is 3. The Morgan fingerprint density at radius 3 is 2.76 bits per heavy atom. The predicted molar refractivity (Wildman–Crippen MR) is 100 cm³/mol. The number of amides is 1. The maximum atomic E-state index is 12.0. The van der Waals surface area contributed by atoms with Crippen molar-refractivity contribution in [2.45, 2.75) is 11.9 Å². The van der Waals surface area contributed by atoms with E-state index in [-0.39, 0.29) is 11.7 Å². The Morgan fingerprint density at radius 1 is 1.28 bits per heavy atom. The van der Waals surface area contributed by atoms with Crippen LogP contribution >= 0.6 is 23.1 Å². The van der Waals surface area contributed by atoms with Crippen molar-refractivity contribution in [3.63, 3.8) is 0 Å². The van der Waals surface area contributed by atoms with E-state index in [1.165, 1.54) is 23.1 Å². The molecule has 25 heavy (non-hydrogen) atoms. The van der Waals surface area contributed by atoms with E-state index in [0.717, 1.165) is 22.0 Å². The summed E-state index contributed by atoms with van der Waals surface area (Å²) in [5.74, 6) is 1.57. The van der Waals surface area contributed by atoms with Crippen molar-refractivity contribution in [3.8, 4) is 17.1 Å². The molecule has 3 rings (SSSR count). The van der Waals surface area contributed by atoms with E-state index in [4.69, 9.17) is 4.74 Å². The molecule has 0 aliphatic heterocycles. The zero-order valence-corrected chi connectivity index (χ0v) is 15.4. The summed E-state index contributed by atoms with van der Waals surface area (Å²) in [6.07, 6.45) is 1.66. The third-order valence-corrected chi connectivity index (χ3v) is 4.81. The molecule has 0 fully saturated rings. The maximum Gasteiger partial charge on any atom is 0.236 e. The molecule has 0 radical (unpaired) electrons. The van der Waals surface area contributed by atoms with Crippen LogP contribution in [0.15, 0.2) is 46.9 Å². The molecule has 0 aliphatic carbocycles. The lowest BCUT2D eigenvalue weighted by atomic mass is 10.2. The number of carbonyl (C=O) groups is 1. The van der Waals surface area contributed by atoms with Crippen LogP contribution in [0.1, 0.15) is 5.69 Å². The number of thioether (sulfide) groups is 1. The van der Waals surface area contributed by atoms with Crippen molar-refractivity contribution in [2.24, 2.45) is 0 Å². The largest absolute Gasteiger partial charge is 0.497 e. The number of anilines is 1. The fourth-order valence-corrected chi connectivity index (χ4v) is 3.36. The van der Waals surface area contributed by atoms with Gasteiger partial charge in [-0.2, -0.15) is 0 Å². The Morgan fingerprint density at radius 2 is 2.08 bits per heavy atom. The van der Waals surface area contributed by atoms with Crippen LogP contribution in [0.5, 0.6) is 5.75 Å². The first-order valence-corrected chi connectivity index (χ1v) is 9.33. The molecule has 0 saturated carbocycles. The van der Waals surface area contributed by atoms with Gasteiger partial charge < -0.3 is 10.1 Å². The number of methoxy groups -OCH3 is 1. The molecule has 2 aromatic heterocycles. The van der Waals surface area contributed by atoms with Gasteiger partial charge in [0.2, 0.25) is 5.91 Å². The van der Waals surface area contributed by atoms with Crippen LogP contribution < -0.4 is 10.1 Å². The first-order chi connectivity index (χ1) is 12.1. The van der Waals surface area contributed by atoms with E-state index in [2.05, 4.69) is 20.3 Å². The average Bonchev–Trinajstić information content (AvgIpc) is 3.12. The Bertz CT molecular complexity index is 852. The lowest BCUT2D eigenvalue weighted by Gasteiger charge is -2.07. The molecule has 1 amide bonds. The molecule has 0 bridgehead atoms. The Kier molecular flexibility index (Phi) is 5.62. The van der Waals surface area contributed by atoms with Crippen LogP contribution in [0.4, 0.5) is 5.13 Å². The van der Waals surface area contributed by atoms with E-state index in [1.807, 2.05) is 42.6 Å². The van der Waals surface area contributed by atoms with E-state index >= 15 is 0 Å². The minimum absolute atomic E-state index is 0.109. The molecular weight excluding hydrogens is 356 g/mol. The van der Waals surface area contributed by atoms with Crippen molar-refractivity contribution in [2.75, 3.05) is 18.2 Å². The van der Waals surface area contributed by atoms with E-state index in [0.29, 0.717) is 11.0 Å². The normalized spacial score (nSPS) is 10.5. The summed E-state index contributed by atoms with van der Waals surface area (Å²) in [5.41, 5.74) is 1.75. The van der Waals surface area contributed by atoms with Gasteiger partial charge in [-0.15, -0.1) is 11.3 Å². The summed E-state index contributed by atoms with van der Waals surface area (Å²) >= 11 is 2.76. The van der Waals surface area contributed by atoms with Crippen molar-refractivity contribution >= 4 is 34.1 Å². The topological polar surface area (TPSA) is 77.0 Å². The first-order valence-electron chi connectivity index (χ1n) is 7.46. The SMILES string of the molecule is COc1ccc(-c2nc(C)cc(SCC(=O)Nc3nccs3)n2)cc1. The van der Waals surface area contributed by atoms with E-state index in [9.17, 15) is 4.79 Å². The molecule has 0 aliphatic rings. The summed E-state index contributed by atoms with van der Waals surface area (Å²) in [7, 11) is 1.63. The van der Waals surface area contributed by atoms with Crippen molar-refractivity contribution in [1.29, 1.82) is 0 Å². The summed E-state index contributed by atoms with van der Waals surface area (Å²) in [4.78, 5) is 25.0. The Hall–Kier alpha value is -2.45. The number of hydrogen-bond donors (Lipinski definition) is 1. The Balaban J connectivity index is 1.69. The van der Waals surface area contributed by atoms with E-state index in [1.54, 1.807) is 13.3 Å². The van der Waals surface area contributed by atoms with Crippen LogP contribution in [0, 0.1) is 6.92 Å². The lowest BCUT2D eigenvalue weighted by Crippen LogP contribution is -2.13. The van der Waals surface area contributed by atoms with Crippen molar-refractivity contribution in [1.82, 2.24) is 15.0 Å². The number of rotatable bonds is 6. The number of nitrogens with one attached hydrogen (secondary N) is 1. The molecule has 3 aromatic rings. The van der Waals surface area contributed by atoms with Crippen LogP contribution in [-0.2, 0) is 4.79 Å². The molecule has 0 atom stereocenters. The van der Waals surface area contributed by atoms with E-state index < -0.39 is 0 Å². The molecule has 1 N–H and O–H groups in total. The second-order valence-electron chi connectivity index (χ2n) is 5.07. The van der Waals surface area contributed by atoms with Gasteiger partial charge in [0, 0.05) is 22.8 Å². The molecule has 1 aromatic carbocycles. The number of ether oxygens (including phenoxy) is 1. The van der Waals surface area contributed by atoms with Gasteiger partial charge in [-0.3, -0.25) is 4.79 Å². The number of hydrogen-bond acceptors (Lipinski definition) is 7. The molecule has 2 heterocycles. The van der Waals surface area contributed by atoms with Gasteiger partial charge >= 0.3 is 0 Å². The van der Waals surface area contributed by atoms with Crippen LogP contribution in [0.25, 0.3) is 11.4 Å². The van der Waals surface area contributed by atoms with Crippen LogP contribution in [0.3, 0.4) is 0 Å². The molecule has 0 saturated heterocycles. The van der Waals surface area contributed by atoms with Gasteiger partial charge in [-0.1, -0.05) is 11.8 Å². The second kappa shape index (κ2) is 8.09. The number of aryl methyl sites for hydroxylation is 1. The monoisotopic (exact) mass is 372 g/mol. The van der Waals surface area contributed by atoms with Gasteiger partial charge in [0.25, 0.3) is 0 Å². The van der Waals surface area contributed by atoms with Crippen LogP contribution in [-0.4, -0.2) is 33.7 Å². The second-order valence-corrected chi connectivity index (χ2v) is 6.96. The third kappa shape index (κ3) is 4.77. The number of carbonyl (C=O) groups excluding carboxylic acids is 1. The fraction of sp³-hybridized carbons (Fsp3) is 0.176. The Labute approximate surface area is 153 Å². The molecule has 0 spiro atoms. The summed E-state index contributed by atoms with van der Waals surface area (Å²) in [5, 5.41) is 5.93. The highest BCUT2D eigenvalue weighted by Gasteiger charge is 2.09. The number of aromatic nitrogens is 3. The molecule has 8 heteroatoms. The zero-order valence-electron chi connectivity index (χ0n) is 13.7. The quantitative estimate of drug-likeness (QED) is 0.526. The summed E-state index contributed by atoms with van der Waals surface area (Å²) in [6.45, 7) is 1.91. The number of thiazole rings is 1. The smallest absolute Gasteiger partial charge is 0.236 e. The fourth-order valence-electron chi connectivity index (χ4n) is 2.06. The highest BCUT2D eigenvalue weighted by molar-refractivity contribution is 7.99. The predicted octanol–water partition coefficient (Wildman–Crippen LogP) is 3.65. The van der Waals surface area contributed by atoms with Gasteiger partial charge in [0.05, 0.1) is 12.9 Å². The van der Waals surface area contributed by atoms with Gasteiger partial charge in [-0.25, -0.2) is 15.0 Å². The number of benzene rings is 1. The average molecular weight is 372 g/mol. The molecule has 128 valence electrons. The third-order valence-electron chi connectivity index (χ3n) is 3.21. The highest BCUT2D eigenvalue weighted by Crippen LogP contribution is 2.23. The van der Waals surface area contributed by atoms with Gasteiger partial charge in [0.15, 0.2) is 11.0 Å². The molecule has 0 unspecified atom stereocenters. The first kappa shape index (κ1) is 17.4. The van der Waals surface area contributed by atoms with Gasteiger partial charge in [0.1, 0.15) is 10.8 Å². The minimum atomic E-state index is -0.109.